The van der Waals surface area contributed by atoms with Crippen LogP contribution in [0.1, 0.15) is 23.5 Å². The Kier molecular flexibility index (Phi) is 6.99. The summed E-state index contributed by atoms with van der Waals surface area (Å²) in [6.45, 7) is -0.0612. The van der Waals surface area contributed by atoms with Crippen molar-refractivity contribution in [2.24, 2.45) is 0 Å². The summed E-state index contributed by atoms with van der Waals surface area (Å²) in [6.07, 6.45) is 1.76. The van der Waals surface area contributed by atoms with Gasteiger partial charge in [-0.15, -0.1) is 0 Å². The fraction of sp³-hybridized carbons (Fsp3) is 0.148. The van der Waals surface area contributed by atoms with Crippen LogP contribution in [0.2, 0.25) is 5.02 Å². The second-order valence-electron chi connectivity index (χ2n) is 8.21. The molecule has 1 fully saturated rings. The van der Waals surface area contributed by atoms with Crippen molar-refractivity contribution in [1.82, 2.24) is 10.3 Å². The Morgan fingerprint density at radius 3 is 2.67 bits per heavy atom. The third-order valence-corrected chi connectivity index (χ3v) is 6.48. The van der Waals surface area contributed by atoms with Crippen LogP contribution >= 0.6 is 23.8 Å². The molecule has 182 valence electrons. The monoisotopic (exact) mass is 518 g/mol. The van der Waals surface area contributed by atoms with Crippen molar-refractivity contribution in [3.63, 3.8) is 0 Å². The summed E-state index contributed by atoms with van der Waals surface area (Å²) in [6, 6.07) is 24.4. The SMILES string of the molecule is COCC(=O)Nc1ccc(N2C(=S)N[C@H](c3ccccn3)[C@H]2c2ccc(-c3ccccc3)o2)cc1Cl. The van der Waals surface area contributed by atoms with Crippen LogP contribution in [0.3, 0.4) is 0 Å². The quantitative estimate of drug-likeness (QED) is 0.301. The van der Waals surface area contributed by atoms with Crippen LogP contribution < -0.4 is 15.5 Å². The molecule has 3 heterocycles. The summed E-state index contributed by atoms with van der Waals surface area (Å²) >= 11 is 12.3. The number of pyridine rings is 1. The van der Waals surface area contributed by atoms with E-state index in [4.69, 9.17) is 33.0 Å². The molecule has 9 heteroatoms. The van der Waals surface area contributed by atoms with E-state index in [2.05, 4.69) is 15.6 Å². The van der Waals surface area contributed by atoms with Gasteiger partial charge in [0.05, 0.1) is 22.4 Å². The Balaban J connectivity index is 1.53. The predicted octanol–water partition coefficient (Wildman–Crippen LogP) is 5.76. The summed E-state index contributed by atoms with van der Waals surface area (Å²) in [7, 11) is 1.46. The van der Waals surface area contributed by atoms with Crippen LogP contribution in [0.5, 0.6) is 0 Å². The largest absolute Gasteiger partial charge is 0.459 e. The molecule has 0 aliphatic carbocycles. The van der Waals surface area contributed by atoms with E-state index >= 15 is 0 Å². The third kappa shape index (κ3) is 4.83. The number of nitrogens with zero attached hydrogens (tertiary/aromatic N) is 2. The zero-order chi connectivity index (χ0) is 25.1. The van der Waals surface area contributed by atoms with Gasteiger partial charge in [0.15, 0.2) is 5.11 Å². The van der Waals surface area contributed by atoms with Gasteiger partial charge < -0.3 is 24.7 Å². The molecule has 0 spiro atoms. The number of carbonyl (C=O) groups excluding carboxylic acids is 1. The summed E-state index contributed by atoms with van der Waals surface area (Å²) in [5.74, 6) is 1.20. The Hall–Kier alpha value is -3.72. The molecule has 2 aromatic carbocycles. The smallest absolute Gasteiger partial charge is 0.250 e. The van der Waals surface area contributed by atoms with Gasteiger partial charge >= 0.3 is 0 Å². The van der Waals surface area contributed by atoms with Crippen molar-refractivity contribution in [1.29, 1.82) is 0 Å². The lowest BCUT2D eigenvalue weighted by Crippen LogP contribution is -2.29. The number of nitrogens with one attached hydrogen (secondary N) is 2. The zero-order valence-corrected chi connectivity index (χ0v) is 20.9. The number of amides is 1. The molecule has 0 bridgehead atoms. The predicted molar refractivity (Wildman–Crippen MR) is 144 cm³/mol. The van der Waals surface area contributed by atoms with Crippen LogP contribution in [0.25, 0.3) is 11.3 Å². The summed E-state index contributed by atoms with van der Waals surface area (Å²) < 4.78 is 11.2. The van der Waals surface area contributed by atoms with Crippen LogP contribution in [-0.4, -0.2) is 29.7 Å². The molecule has 2 N–H and O–H groups in total. The number of halogens is 1. The first-order valence-electron chi connectivity index (χ1n) is 11.3. The average molecular weight is 519 g/mol. The van der Waals surface area contributed by atoms with Crippen molar-refractivity contribution >= 4 is 46.2 Å². The van der Waals surface area contributed by atoms with Crippen LogP contribution in [-0.2, 0) is 9.53 Å². The van der Waals surface area contributed by atoms with E-state index in [1.165, 1.54) is 7.11 Å². The minimum atomic E-state index is -0.324. The average Bonchev–Trinajstić information content (AvgIpc) is 3.51. The topological polar surface area (TPSA) is 79.6 Å². The lowest BCUT2D eigenvalue weighted by atomic mass is 10.0. The van der Waals surface area contributed by atoms with Gasteiger partial charge in [-0.1, -0.05) is 48.0 Å². The molecule has 1 amide bonds. The van der Waals surface area contributed by atoms with Gasteiger partial charge in [-0.3, -0.25) is 9.78 Å². The summed E-state index contributed by atoms with van der Waals surface area (Å²) in [4.78, 5) is 18.5. The number of hydrogen-bond donors (Lipinski definition) is 2. The molecule has 2 atom stereocenters. The highest BCUT2D eigenvalue weighted by Crippen LogP contribution is 2.44. The second-order valence-corrected chi connectivity index (χ2v) is 9.00. The van der Waals surface area contributed by atoms with Crippen molar-refractivity contribution in [2.75, 3.05) is 23.9 Å². The van der Waals surface area contributed by atoms with E-state index in [0.29, 0.717) is 15.8 Å². The molecule has 0 radical (unpaired) electrons. The normalized spacial score (nSPS) is 17.2. The molecular formula is C27H23ClN4O3S. The third-order valence-electron chi connectivity index (χ3n) is 5.86. The number of thiocarbonyl (C=S) groups is 1. The standard InChI is InChI=1S/C27H23ClN4O3S/c1-34-16-24(33)30-20-11-10-18(15-19(20)28)32-26(25(31-27(32)36)21-9-5-6-14-29-21)23-13-12-22(35-23)17-7-3-2-4-8-17/h2-15,25-26H,16H2,1H3,(H,30,33)(H,31,36)/t25-,26-/m1/s1. The number of benzene rings is 2. The van der Waals surface area contributed by atoms with E-state index in [0.717, 1.165) is 28.5 Å². The molecule has 5 rings (SSSR count). The fourth-order valence-electron chi connectivity index (χ4n) is 4.26. The number of rotatable bonds is 7. The van der Waals surface area contributed by atoms with Gasteiger partial charge in [0, 0.05) is 24.6 Å². The van der Waals surface area contributed by atoms with E-state index in [1.54, 1.807) is 18.3 Å². The second kappa shape index (κ2) is 10.5. The maximum Gasteiger partial charge on any atom is 0.250 e. The first-order valence-corrected chi connectivity index (χ1v) is 12.1. The molecule has 1 aliphatic rings. The van der Waals surface area contributed by atoms with E-state index in [-0.39, 0.29) is 24.6 Å². The summed E-state index contributed by atoms with van der Waals surface area (Å²) in [5.41, 5.74) is 3.06. The Morgan fingerprint density at radius 1 is 1.14 bits per heavy atom. The molecule has 2 aromatic heterocycles. The van der Waals surface area contributed by atoms with Crippen LogP contribution in [0.15, 0.2) is 89.5 Å². The number of hydrogen-bond acceptors (Lipinski definition) is 5. The zero-order valence-electron chi connectivity index (χ0n) is 19.4. The minimum absolute atomic E-state index is 0.0612. The highest BCUT2D eigenvalue weighted by molar-refractivity contribution is 7.80. The van der Waals surface area contributed by atoms with E-state index < -0.39 is 0 Å². The number of carbonyl (C=O) groups is 1. The first-order chi connectivity index (χ1) is 17.5. The Morgan fingerprint density at radius 2 is 1.94 bits per heavy atom. The number of aromatic nitrogens is 1. The Bertz CT molecular complexity index is 1380. The van der Waals surface area contributed by atoms with Crippen molar-refractivity contribution < 1.29 is 13.9 Å². The van der Waals surface area contributed by atoms with Gasteiger partial charge in [-0.2, -0.15) is 0 Å². The first kappa shape index (κ1) is 24.0. The maximum absolute atomic E-state index is 12.0. The molecule has 4 aromatic rings. The van der Waals surface area contributed by atoms with Gasteiger partial charge in [-0.05, 0) is 54.7 Å². The number of methoxy groups -OCH3 is 1. The molecule has 36 heavy (non-hydrogen) atoms. The van der Waals surface area contributed by atoms with Crippen molar-refractivity contribution in [3.05, 3.63) is 102 Å². The van der Waals surface area contributed by atoms with Crippen LogP contribution in [0, 0.1) is 0 Å². The van der Waals surface area contributed by atoms with Crippen LogP contribution in [0.4, 0.5) is 11.4 Å². The lowest BCUT2D eigenvalue weighted by molar-refractivity contribution is -0.119. The maximum atomic E-state index is 12.0. The number of ether oxygens (including phenoxy) is 1. The van der Waals surface area contributed by atoms with Gasteiger partial charge in [0.1, 0.15) is 24.2 Å². The summed E-state index contributed by atoms with van der Waals surface area (Å²) in [5, 5.41) is 7.05. The van der Waals surface area contributed by atoms with E-state index in [9.17, 15) is 4.79 Å². The van der Waals surface area contributed by atoms with E-state index in [1.807, 2.05) is 71.6 Å². The molecule has 0 saturated carbocycles. The number of anilines is 2. The van der Waals surface area contributed by atoms with Gasteiger partial charge in [0.25, 0.3) is 0 Å². The molecule has 1 saturated heterocycles. The van der Waals surface area contributed by atoms with Crippen molar-refractivity contribution in [2.45, 2.75) is 12.1 Å². The molecular weight excluding hydrogens is 496 g/mol. The highest BCUT2D eigenvalue weighted by atomic mass is 35.5. The van der Waals surface area contributed by atoms with Crippen molar-refractivity contribution in [3.8, 4) is 11.3 Å². The lowest BCUT2D eigenvalue weighted by Gasteiger charge is -2.26. The van der Waals surface area contributed by atoms with Gasteiger partial charge in [-0.25, -0.2) is 0 Å². The molecule has 1 aliphatic heterocycles. The molecule has 0 unspecified atom stereocenters. The fourth-order valence-corrected chi connectivity index (χ4v) is 4.83. The van der Waals surface area contributed by atoms with Gasteiger partial charge in [0.2, 0.25) is 5.91 Å². The number of furan rings is 1. The Labute approximate surface area is 219 Å². The molecule has 7 nitrogen and oxygen atoms in total. The highest BCUT2D eigenvalue weighted by Gasteiger charge is 2.42. The minimum Gasteiger partial charge on any atom is -0.459 e.